The summed E-state index contributed by atoms with van der Waals surface area (Å²) in [6.45, 7) is 6.67. The summed E-state index contributed by atoms with van der Waals surface area (Å²) in [5, 5.41) is 27.1. The van der Waals surface area contributed by atoms with Gasteiger partial charge in [0.2, 0.25) is 0 Å². The number of aliphatic hydroxyl groups is 3. The van der Waals surface area contributed by atoms with Gasteiger partial charge in [-0.25, -0.2) is 0 Å². The Morgan fingerprint density at radius 2 is 1.73 bits per heavy atom. The van der Waals surface area contributed by atoms with Crippen molar-refractivity contribution in [3.8, 4) is 0 Å². The van der Waals surface area contributed by atoms with Crippen LogP contribution in [0.3, 0.4) is 0 Å². The van der Waals surface area contributed by atoms with Crippen LogP contribution in [0.5, 0.6) is 0 Å². The molecule has 3 atom stereocenters. The first kappa shape index (κ1) is 10.4. The van der Waals surface area contributed by atoms with Gasteiger partial charge in [0.15, 0.2) is 0 Å². The van der Waals surface area contributed by atoms with Crippen LogP contribution in [-0.4, -0.2) is 33.6 Å². The molecule has 0 saturated heterocycles. The molecule has 3 heteroatoms. The van der Waals surface area contributed by atoms with E-state index in [0.29, 0.717) is 0 Å². The maximum Gasteiger partial charge on any atom is 0.110 e. The highest BCUT2D eigenvalue weighted by Gasteiger charge is 2.20. The Balaban J connectivity index is 3.88. The summed E-state index contributed by atoms with van der Waals surface area (Å²) in [6.07, 6.45) is -0.317. The lowest BCUT2D eigenvalue weighted by atomic mass is 10.1. The Morgan fingerprint density at radius 1 is 1.18 bits per heavy atom. The van der Waals surface area contributed by atoms with E-state index < -0.39 is 18.3 Å². The highest BCUT2D eigenvalue weighted by atomic mass is 16.4. The summed E-state index contributed by atoms with van der Waals surface area (Å²) in [5.41, 5.74) is 0. The van der Waals surface area contributed by atoms with Gasteiger partial charge in [-0.3, -0.25) is 0 Å². The molecule has 0 aliphatic rings. The van der Waals surface area contributed by atoms with Gasteiger partial charge in [-0.1, -0.05) is 12.2 Å². The minimum atomic E-state index is -1.18. The topological polar surface area (TPSA) is 60.7 Å². The van der Waals surface area contributed by atoms with Gasteiger partial charge in [0.25, 0.3) is 0 Å². The van der Waals surface area contributed by atoms with E-state index in [0.717, 1.165) is 0 Å². The van der Waals surface area contributed by atoms with E-state index in [2.05, 4.69) is 13.2 Å². The monoisotopic (exact) mass is 158 g/mol. The highest BCUT2D eigenvalue weighted by molar-refractivity contribution is 4.90. The lowest BCUT2D eigenvalue weighted by Gasteiger charge is -2.18. The lowest BCUT2D eigenvalue weighted by Crippen LogP contribution is -2.35. The van der Waals surface area contributed by atoms with Crippen LogP contribution in [0.25, 0.3) is 0 Å². The third-order valence-corrected chi connectivity index (χ3v) is 1.39. The Kier molecular flexibility index (Phi) is 4.77. The fourth-order valence-corrected chi connectivity index (χ4v) is 0.677. The maximum atomic E-state index is 9.10. The molecule has 0 rings (SSSR count). The van der Waals surface area contributed by atoms with Gasteiger partial charge < -0.3 is 15.3 Å². The fraction of sp³-hybridized carbons (Fsp3) is 0.500. The molecule has 3 N–H and O–H groups in total. The molecule has 0 aromatic rings. The molecule has 0 fully saturated rings. The molecule has 11 heavy (non-hydrogen) atoms. The molecule has 0 aromatic carbocycles. The van der Waals surface area contributed by atoms with Crippen molar-refractivity contribution in [1.29, 1.82) is 0 Å². The Bertz CT molecular complexity index is 133. The molecule has 0 heterocycles. The second kappa shape index (κ2) is 5.07. The van der Waals surface area contributed by atoms with Crippen molar-refractivity contribution in [3.63, 3.8) is 0 Å². The largest absolute Gasteiger partial charge is 0.390 e. The van der Waals surface area contributed by atoms with Gasteiger partial charge in [-0.15, -0.1) is 13.2 Å². The Labute approximate surface area is 66.3 Å². The molecule has 0 aliphatic carbocycles. The normalized spacial score (nSPS) is 18.5. The van der Waals surface area contributed by atoms with Crippen LogP contribution in [0.2, 0.25) is 0 Å². The predicted octanol–water partition coefficient (Wildman–Crippen LogP) is -0.169. The van der Waals surface area contributed by atoms with Crippen molar-refractivity contribution >= 4 is 0 Å². The third-order valence-electron chi connectivity index (χ3n) is 1.39. The molecule has 0 saturated carbocycles. The number of hydrogen-bond donors (Lipinski definition) is 3. The van der Waals surface area contributed by atoms with Gasteiger partial charge in [-0.2, -0.15) is 0 Å². The van der Waals surface area contributed by atoms with Gasteiger partial charge in [-0.05, 0) is 6.42 Å². The molecule has 0 bridgehead atoms. The first-order valence-corrected chi connectivity index (χ1v) is 3.41. The summed E-state index contributed by atoms with van der Waals surface area (Å²) in [6, 6.07) is 0. The molecule has 0 amide bonds. The second-order valence-corrected chi connectivity index (χ2v) is 2.31. The average molecular weight is 158 g/mol. The van der Waals surface area contributed by atoms with E-state index in [9.17, 15) is 0 Å². The van der Waals surface area contributed by atoms with E-state index in [4.69, 9.17) is 15.3 Å². The molecular weight excluding hydrogens is 144 g/mol. The van der Waals surface area contributed by atoms with E-state index in [-0.39, 0.29) is 6.42 Å². The van der Waals surface area contributed by atoms with Crippen molar-refractivity contribution in [2.45, 2.75) is 24.7 Å². The highest BCUT2D eigenvalue weighted by Crippen LogP contribution is 2.04. The lowest BCUT2D eigenvalue weighted by molar-refractivity contribution is -0.0392. The smallest absolute Gasteiger partial charge is 0.110 e. The molecule has 0 radical (unpaired) electrons. The first-order valence-electron chi connectivity index (χ1n) is 3.41. The standard InChI is InChI=1S/C8H14O3/c1-3-5-7(10)8(11)6(9)4-2/h3-4,6-11H,1-2,5H2/t6-,7+,8+/m0/s1. The van der Waals surface area contributed by atoms with Crippen LogP contribution >= 0.6 is 0 Å². The Hall–Kier alpha value is -0.640. The minimum Gasteiger partial charge on any atom is -0.390 e. The van der Waals surface area contributed by atoms with E-state index in [1.54, 1.807) is 0 Å². The summed E-state index contributed by atoms with van der Waals surface area (Å²) in [4.78, 5) is 0. The van der Waals surface area contributed by atoms with Crippen molar-refractivity contribution < 1.29 is 15.3 Å². The van der Waals surface area contributed by atoms with Crippen LogP contribution in [-0.2, 0) is 0 Å². The second-order valence-electron chi connectivity index (χ2n) is 2.31. The van der Waals surface area contributed by atoms with Crippen molar-refractivity contribution in [2.24, 2.45) is 0 Å². The maximum absolute atomic E-state index is 9.10. The summed E-state index contributed by atoms with van der Waals surface area (Å²) < 4.78 is 0. The summed E-state index contributed by atoms with van der Waals surface area (Å²) in [7, 11) is 0. The average Bonchev–Trinajstić information content (AvgIpc) is 2.02. The van der Waals surface area contributed by atoms with Crippen LogP contribution in [0.15, 0.2) is 25.3 Å². The number of rotatable bonds is 5. The van der Waals surface area contributed by atoms with E-state index >= 15 is 0 Å². The Morgan fingerprint density at radius 3 is 2.09 bits per heavy atom. The molecule has 64 valence electrons. The van der Waals surface area contributed by atoms with Crippen LogP contribution < -0.4 is 0 Å². The van der Waals surface area contributed by atoms with Crippen LogP contribution in [0, 0.1) is 0 Å². The first-order chi connectivity index (χ1) is 5.13. The summed E-state index contributed by atoms with van der Waals surface area (Å²) >= 11 is 0. The molecule has 0 spiro atoms. The van der Waals surface area contributed by atoms with Crippen molar-refractivity contribution in [1.82, 2.24) is 0 Å². The number of hydrogen-bond acceptors (Lipinski definition) is 3. The molecular formula is C8H14O3. The van der Waals surface area contributed by atoms with Crippen LogP contribution in [0.4, 0.5) is 0 Å². The zero-order valence-electron chi connectivity index (χ0n) is 6.35. The van der Waals surface area contributed by atoms with E-state index in [1.807, 2.05) is 0 Å². The minimum absolute atomic E-state index is 0.256. The van der Waals surface area contributed by atoms with E-state index in [1.165, 1.54) is 12.2 Å². The zero-order chi connectivity index (χ0) is 8.85. The molecule has 0 aliphatic heterocycles. The van der Waals surface area contributed by atoms with Crippen molar-refractivity contribution in [2.75, 3.05) is 0 Å². The molecule has 3 nitrogen and oxygen atoms in total. The predicted molar refractivity (Wildman–Crippen MR) is 43.0 cm³/mol. The fourth-order valence-electron chi connectivity index (χ4n) is 0.677. The SMILES string of the molecule is C=CC[C@@H](O)[C@H](O)[C@@H](O)C=C. The van der Waals surface area contributed by atoms with Gasteiger partial charge >= 0.3 is 0 Å². The zero-order valence-corrected chi connectivity index (χ0v) is 6.35. The summed E-state index contributed by atoms with van der Waals surface area (Å²) in [5.74, 6) is 0. The number of aliphatic hydroxyl groups excluding tert-OH is 3. The third kappa shape index (κ3) is 3.32. The van der Waals surface area contributed by atoms with Gasteiger partial charge in [0.05, 0.1) is 6.10 Å². The molecule has 0 unspecified atom stereocenters. The quantitative estimate of drug-likeness (QED) is 0.487. The van der Waals surface area contributed by atoms with Gasteiger partial charge in [0, 0.05) is 0 Å². The van der Waals surface area contributed by atoms with Crippen molar-refractivity contribution in [3.05, 3.63) is 25.3 Å². The van der Waals surface area contributed by atoms with Crippen LogP contribution in [0.1, 0.15) is 6.42 Å². The molecule has 0 aromatic heterocycles. The van der Waals surface area contributed by atoms with Gasteiger partial charge in [0.1, 0.15) is 12.2 Å².